The first-order chi connectivity index (χ1) is 11.0. The topological polar surface area (TPSA) is 34.9 Å². The van der Waals surface area contributed by atoms with Crippen molar-refractivity contribution in [2.24, 2.45) is 0 Å². The molecule has 0 aliphatic heterocycles. The Kier molecular flexibility index (Phi) is 3.87. The van der Waals surface area contributed by atoms with Gasteiger partial charge in [0.25, 0.3) is 5.56 Å². The second-order valence-electron chi connectivity index (χ2n) is 5.89. The number of nitrogens with zero attached hydrogens (tertiary/aromatic N) is 2. The van der Waals surface area contributed by atoms with Crippen LogP contribution >= 0.6 is 0 Å². The Bertz CT molecular complexity index is 924. The van der Waals surface area contributed by atoms with Gasteiger partial charge in [0.1, 0.15) is 5.82 Å². The zero-order valence-corrected chi connectivity index (χ0v) is 13.9. The Morgan fingerprint density at radius 2 is 1.57 bits per heavy atom. The lowest BCUT2D eigenvalue weighted by Crippen LogP contribution is -2.20. The molecule has 0 bridgehead atoms. The molecule has 0 aliphatic carbocycles. The van der Waals surface area contributed by atoms with Crippen LogP contribution in [0.1, 0.15) is 22.6 Å². The van der Waals surface area contributed by atoms with Crippen LogP contribution in [0.15, 0.2) is 53.3 Å². The van der Waals surface area contributed by atoms with Crippen LogP contribution < -0.4 is 5.56 Å². The molecular weight excluding hydrogens is 284 g/mol. The van der Waals surface area contributed by atoms with Crippen molar-refractivity contribution < 1.29 is 0 Å². The number of hydrogen-bond donors (Lipinski definition) is 0. The lowest BCUT2D eigenvalue weighted by atomic mass is 10.0. The van der Waals surface area contributed by atoms with Gasteiger partial charge in [-0.1, -0.05) is 36.4 Å². The number of aromatic nitrogens is 2. The van der Waals surface area contributed by atoms with E-state index in [1.165, 1.54) is 11.1 Å². The van der Waals surface area contributed by atoms with Crippen LogP contribution in [-0.4, -0.2) is 9.55 Å². The van der Waals surface area contributed by atoms with Gasteiger partial charge >= 0.3 is 0 Å². The van der Waals surface area contributed by atoms with Gasteiger partial charge in [0.15, 0.2) is 0 Å². The first kappa shape index (κ1) is 15.2. The zero-order chi connectivity index (χ0) is 16.6. The lowest BCUT2D eigenvalue weighted by molar-refractivity contribution is 0.855. The van der Waals surface area contributed by atoms with Crippen molar-refractivity contribution >= 4 is 0 Å². The summed E-state index contributed by atoms with van der Waals surface area (Å²) >= 11 is 0. The summed E-state index contributed by atoms with van der Waals surface area (Å²) in [5.41, 5.74) is 5.81. The van der Waals surface area contributed by atoms with Crippen molar-refractivity contribution in [3.8, 4) is 16.8 Å². The lowest BCUT2D eigenvalue weighted by Gasteiger charge is -2.18. The molecule has 3 aromatic rings. The van der Waals surface area contributed by atoms with E-state index in [1.807, 2.05) is 44.2 Å². The van der Waals surface area contributed by atoms with Gasteiger partial charge in [-0.15, -0.1) is 0 Å². The molecule has 0 aliphatic rings. The van der Waals surface area contributed by atoms with E-state index in [-0.39, 0.29) is 5.56 Å². The third-order valence-corrected chi connectivity index (χ3v) is 4.31. The number of aryl methyl sites for hydroxylation is 3. The predicted molar refractivity (Wildman–Crippen MR) is 94.2 cm³/mol. The largest absolute Gasteiger partial charge is 0.302 e. The number of hydrogen-bond acceptors (Lipinski definition) is 2. The summed E-state index contributed by atoms with van der Waals surface area (Å²) in [6.45, 7) is 8.04. The second kappa shape index (κ2) is 5.84. The summed E-state index contributed by atoms with van der Waals surface area (Å²) in [6, 6.07) is 16.0. The highest BCUT2D eigenvalue weighted by atomic mass is 16.1. The molecule has 0 fully saturated rings. The molecule has 1 heterocycles. The van der Waals surface area contributed by atoms with Gasteiger partial charge in [-0.3, -0.25) is 4.79 Å². The van der Waals surface area contributed by atoms with E-state index in [1.54, 1.807) is 0 Å². The van der Waals surface area contributed by atoms with Crippen molar-refractivity contribution in [1.82, 2.24) is 9.55 Å². The van der Waals surface area contributed by atoms with Gasteiger partial charge in [0.05, 0.1) is 5.56 Å². The smallest absolute Gasteiger partial charge is 0.281 e. The maximum atomic E-state index is 12.4. The minimum atomic E-state index is -0.175. The Morgan fingerprint density at radius 3 is 2.22 bits per heavy atom. The fourth-order valence-corrected chi connectivity index (χ4v) is 2.94. The van der Waals surface area contributed by atoms with Crippen LogP contribution in [0.25, 0.3) is 16.8 Å². The molecule has 1 aromatic heterocycles. The number of benzene rings is 2. The summed E-state index contributed by atoms with van der Waals surface area (Å²) < 4.78 is 2.05. The van der Waals surface area contributed by atoms with Crippen molar-refractivity contribution in [2.45, 2.75) is 27.7 Å². The molecular formula is C20H20N2O. The van der Waals surface area contributed by atoms with E-state index < -0.39 is 0 Å². The summed E-state index contributed by atoms with van der Waals surface area (Å²) in [5.74, 6) is 0.704. The van der Waals surface area contributed by atoms with Gasteiger partial charge in [-0.05, 0) is 56.5 Å². The van der Waals surface area contributed by atoms with Crippen molar-refractivity contribution in [2.75, 3.05) is 0 Å². The van der Waals surface area contributed by atoms with E-state index >= 15 is 0 Å². The summed E-state index contributed by atoms with van der Waals surface area (Å²) in [6.07, 6.45) is 0. The third kappa shape index (κ3) is 2.70. The molecule has 0 amide bonds. The summed E-state index contributed by atoms with van der Waals surface area (Å²) in [4.78, 5) is 16.7. The molecule has 3 heteroatoms. The van der Waals surface area contributed by atoms with Gasteiger partial charge in [0, 0.05) is 11.4 Å². The Balaban J connectivity index is 2.30. The van der Waals surface area contributed by atoms with Crippen molar-refractivity contribution in [3.63, 3.8) is 0 Å². The van der Waals surface area contributed by atoms with Gasteiger partial charge in [0.2, 0.25) is 0 Å². The van der Waals surface area contributed by atoms with Crippen LogP contribution in [0.3, 0.4) is 0 Å². The SMILES string of the molecule is Cc1ccc(-n2c(C)nc(=O)c(-c3ccccc3)c2C)cc1C. The summed E-state index contributed by atoms with van der Waals surface area (Å²) in [7, 11) is 0. The van der Waals surface area contributed by atoms with Gasteiger partial charge in [-0.25, -0.2) is 0 Å². The number of rotatable bonds is 2. The van der Waals surface area contributed by atoms with E-state index in [4.69, 9.17) is 0 Å². The molecule has 0 atom stereocenters. The second-order valence-corrected chi connectivity index (χ2v) is 5.89. The molecule has 116 valence electrons. The van der Waals surface area contributed by atoms with E-state index in [2.05, 4.69) is 41.6 Å². The molecule has 2 aromatic carbocycles. The highest BCUT2D eigenvalue weighted by Crippen LogP contribution is 2.23. The normalized spacial score (nSPS) is 10.8. The molecule has 0 unspecified atom stereocenters. The predicted octanol–water partition coefficient (Wildman–Crippen LogP) is 4.13. The van der Waals surface area contributed by atoms with Crippen LogP contribution in [0.5, 0.6) is 0 Å². The standard InChI is InChI=1S/C20H20N2O/c1-13-10-11-18(12-14(13)2)22-15(3)19(20(23)21-16(22)4)17-8-6-5-7-9-17/h5-12H,1-4H3. The first-order valence-corrected chi connectivity index (χ1v) is 7.72. The van der Waals surface area contributed by atoms with Gasteiger partial charge in [-0.2, -0.15) is 4.98 Å². The maximum absolute atomic E-state index is 12.4. The molecule has 0 saturated heterocycles. The molecule has 0 radical (unpaired) electrons. The third-order valence-electron chi connectivity index (χ3n) is 4.31. The van der Waals surface area contributed by atoms with Crippen LogP contribution in [-0.2, 0) is 0 Å². The highest BCUT2D eigenvalue weighted by molar-refractivity contribution is 5.65. The average molecular weight is 304 g/mol. The molecule has 0 N–H and O–H groups in total. The van der Waals surface area contributed by atoms with Crippen LogP contribution in [0, 0.1) is 27.7 Å². The Morgan fingerprint density at radius 1 is 0.870 bits per heavy atom. The summed E-state index contributed by atoms with van der Waals surface area (Å²) in [5, 5.41) is 0. The first-order valence-electron chi connectivity index (χ1n) is 7.72. The fourth-order valence-electron chi connectivity index (χ4n) is 2.94. The highest BCUT2D eigenvalue weighted by Gasteiger charge is 2.14. The van der Waals surface area contributed by atoms with Crippen LogP contribution in [0.4, 0.5) is 0 Å². The monoisotopic (exact) mass is 304 g/mol. The van der Waals surface area contributed by atoms with Gasteiger partial charge < -0.3 is 4.57 Å². The minimum absolute atomic E-state index is 0.175. The zero-order valence-electron chi connectivity index (χ0n) is 13.9. The maximum Gasteiger partial charge on any atom is 0.281 e. The molecule has 0 spiro atoms. The molecule has 0 saturated carbocycles. The fraction of sp³-hybridized carbons (Fsp3) is 0.200. The van der Waals surface area contributed by atoms with E-state index in [0.717, 1.165) is 16.9 Å². The van der Waals surface area contributed by atoms with Crippen molar-refractivity contribution in [1.29, 1.82) is 0 Å². The Hall–Kier alpha value is -2.68. The average Bonchev–Trinajstić information content (AvgIpc) is 2.51. The quantitative estimate of drug-likeness (QED) is 0.713. The van der Waals surface area contributed by atoms with Crippen molar-refractivity contribution in [3.05, 3.63) is 81.5 Å². The molecule has 23 heavy (non-hydrogen) atoms. The van der Waals surface area contributed by atoms with E-state index in [0.29, 0.717) is 11.4 Å². The van der Waals surface area contributed by atoms with E-state index in [9.17, 15) is 4.79 Å². The minimum Gasteiger partial charge on any atom is -0.302 e. The molecule has 3 rings (SSSR count). The Labute approximate surface area is 136 Å². The van der Waals surface area contributed by atoms with Crippen LogP contribution in [0.2, 0.25) is 0 Å². The molecule has 3 nitrogen and oxygen atoms in total.